The van der Waals surface area contributed by atoms with E-state index in [-0.39, 0.29) is 17.5 Å². The van der Waals surface area contributed by atoms with Gasteiger partial charge >= 0.3 is 5.69 Å². The minimum Gasteiger partial charge on any atom is -0.330 e. The summed E-state index contributed by atoms with van der Waals surface area (Å²) < 4.78 is 2.80. The molecule has 2 aromatic heterocycles. The molecule has 0 aliphatic heterocycles. The van der Waals surface area contributed by atoms with Crippen LogP contribution in [0.2, 0.25) is 0 Å². The molecule has 3 rings (SSSR count). The largest absolute Gasteiger partial charge is 0.332 e. The first kappa shape index (κ1) is 19.8. The molecule has 0 atom stereocenters. The van der Waals surface area contributed by atoms with Crippen molar-refractivity contribution >= 4 is 45.6 Å². The van der Waals surface area contributed by atoms with Crippen molar-refractivity contribution < 1.29 is 4.79 Å². The Hall–Kier alpha value is -2.92. The van der Waals surface area contributed by atoms with Crippen LogP contribution in [0.15, 0.2) is 44.3 Å². The van der Waals surface area contributed by atoms with Crippen LogP contribution in [0.5, 0.6) is 0 Å². The van der Waals surface area contributed by atoms with Crippen molar-refractivity contribution in [3.8, 4) is 0 Å². The van der Waals surface area contributed by atoms with E-state index in [2.05, 4.69) is 20.8 Å². The molecule has 3 aromatic rings. The summed E-state index contributed by atoms with van der Waals surface area (Å²) in [7, 11) is 2.86. The summed E-state index contributed by atoms with van der Waals surface area (Å²) in [4.78, 5) is 35.8. The third-order valence-corrected chi connectivity index (χ3v) is 5.89. The Kier molecular flexibility index (Phi) is 5.95. The van der Waals surface area contributed by atoms with E-state index in [1.165, 1.54) is 47.8 Å². The summed E-state index contributed by atoms with van der Waals surface area (Å²) in [6, 6.07) is 9.04. The highest BCUT2D eigenvalue weighted by molar-refractivity contribution is 8.01. The average Bonchev–Trinajstić information content (AvgIpc) is 3.12. The van der Waals surface area contributed by atoms with Gasteiger partial charge < -0.3 is 10.6 Å². The van der Waals surface area contributed by atoms with Gasteiger partial charge in [0.25, 0.3) is 5.56 Å². The molecule has 11 heteroatoms. The first-order chi connectivity index (χ1) is 13.3. The number of nitrogens with zero attached hydrogens (tertiary/aromatic N) is 4. The molecule has 0 saturated carbocycles. The topological polar surface area (TPSA) is 111 Å². The molecule has 0 unspecified atom stereocenters. The van der Waals surface area contributed by atoms with E-state index < -0.39 is 11.2 Å². The summed E-state index contributed by atoms with van der Waals surface area (Å²) in [5.41, 5.74) is 1.04. The van der Waals surface area contributed by atoms with E-state index in [1.54, 1.807) is 0 Å². The first-order valence-corrected chi connectivity index (χ1v) is 10.0. The Balaban J connectivity index is 1.60. The van der Waals surface area contributed by atoms with Gasteiger partial charge in [-0.1, -0.05) is 41.3 Å². The fourth-order valence-electron chi connectivity index (χ4n) is 2.31. The molecule has 0 radical (unpaired) electrons. The number of carbonyl (C=O) groups excluding carboxylic acids is 1. The molecule has 2 heterocycles. The van der Waals surface area contributed by atoms with Crippen molar-refractivity contribution in [3.05, 3.63) is 56.7 Å². The first-order valence-electron chi connectivity index (χ1n) is 8.21. The Bertz CT molecular complexity index is 1130. The van der Waals surface area contributed by atoms with Gasteiger partial charge in [-0.2, -0.15) is 0 Å². The quantitative estimate of drug-likeness (QED) is 0.586. The molecule has 0 bridgehead atoms. The van der Waals surface area contributed by atoms with Gasteiger partial charge in [0.15, 0.2) is 4.34 Å². The maximum Gasteiger partial charge on any atom is 0.332 e. The van der Waals surface area contributed by atoms with Crippen LogP contribution in [0.1, 0.15) is 5.56 Å². The number of aromatic nitrogens is 4. The number of benzene rings is 1. The molecule has 28 heavy (non-hydrogen) atoms. The van der Waals surface area contributed by atoms with Crippen LogP contribution in [0.25, 0.3) is 0 Å². The number of carbonyl (C=O) groups is 1. The monoisotopic (exact) mass is 418 g/mol. The summed E-state index contributed by atoms with van der Waals surface area (Å²) in [6.07, 6.45) is 0. The lowest BCUT2D eigenvalue weighted by Crippen LogP contribution is -2.38. The van der Waals surface area contributed by atoms with E-state index in [0.717, 1.165) is 15.8 Å². The van der Waals surface area contributed by atoms with Gasteiger partial charge in [-0.15, -0.1) is 10.2 Å². The number of nitrogens with one attached hydrogen (secondary N) is 2. The van der Waals surface area contributed by atoms with Crippen molar-refractivity contribution in [2.45, 2.75) is 11.3 Å². The fourth-order valence-corrected chi connectivity index (χ4v) is 3.87. The number of hydrogen-bond donors (Lipinski definition) is 2. The standard InChI is InChI=1S/C17H18N6O3S2/c1-10-6-4-5-7-11(10)18-15-20-21-16(28-15)27-9-13(24)19-12-8-14(25)23(3)17(26)22(12)2/h4-8H,9H2,1-3H3,(H,18,20)(H,19,24). The number of amides is 1. The van der Waals surface area contributed by atoms with Crippen LogP contribution in [0.3, 0.4) is 0 Å². The summed E-state index contributed by atoms with van der Waals surface area (Å²) in [5.74, 6) is -0.127. The highest BCUT2D eigenvalue weighted by Gasteiger charge is 2.12. The lowest BCUT2D eigenvalue weighted by Gasteiger charge is -2.10. The van der Waals surface area contributed by atoms with Crippen LogP contribution in [0.4, 0.5) is 16.6 Å². The van der Waals surface area contributed by atoms with Crippen LogP contribution in [-0.2, 0) is 18.9 Å². The normalized spacial score (nSPS) is 10.7. The van der Waals surface area contributed by atoms with E-state index in [0.29, 0.717) is 9.47 Å². The van der Waals surface area contributed by atoms with Crippen molar-refractivity contribution in [2.75, 3.05) is 16.4 Å². The summed E-state index contributed by atoms with van der Waals surface area (Å²) >= 11 is 2.56. The zero-order valence-electron chi connectivity index (χ0n) is 15.4. The molecule has 0 saturated heterocycles. The molecule has 146 valence electrons. The summed E-state index contributed by atoms with van der Waals surface area (Å²) in [6.45, 7) is 1.99. The minimum atomic E-state index is -0.508. The molecular weight excluding hydrogens is 400 g/mol. The van der Waals surface area contributed by atoms with Crippen molar-refractivity contribution in [3.63, 3.8) is 0 Å². The predicted octanol–water partition coefficient (Wildman–Crippen LogP) is 1.72. The van der Waals surface area contributed by atoms with Crippen LogP contribution in [-0.4, -0.2) is 31.0 Å². The minimum absolute atomic E-state index is 0.0718. The van der Waals surface area contributed by atoms with Crippen molar-refractivity contribution in [2.24, 2.45) is 14.1 Å². The SMILES string of the molecule is Cc1ccccc1Nc1nnc(SCC(=O)Nc2cc(=O)n(C)c(=O)n2C)s1. The maximum absolute atomic E-state index is 12.2. The van der Waals surface area contributed by atoms with Gasteiger partial charge in [-0.3, -0.25) is 18.7 Å². The Morgan fingerprint density at radius 3 is 2.68 bits per heavy atom. The van der Waals surface area contributed by atoms with E-state index in [1.807, 2.05) is 31.2 Å². The molecule has 0 aliphatic carbocycles. The highest BCUT2D eigenvalue weighted by Crippen LogP contribution is 2.28. The number of para-hydroxylation sites is 1. The third kappa shape index (κ3) is 4.49. The van der Waals surface area contributed by atoms with E-state index in [9.17, 15) is 14.4 Å². The average molecular weight is 419 g/mol. The molecule has 0 spiro atoms. The van der Waals surface area contributed by atoms with E-state index >= 15 is 0 Å². The van der Waals surface area contributed by atoms with Gasteiger partial charge in [0.2, 0.25) is 11.0 Å². The predicted molar refractivity (Wildman–Crippen MR) is 111 cm³/mol. The van der Waals surface area contributed by atoms with E-state index in [4.69, 9.17) is 0 Å². The molecular formula is C17H18N6O3S2. The number of anilines is 3. The van der Waals surface area contributed by atoms with Gasteiger partial charge in [-0.25, -0.2) is 4.79 Å². The third-order valence-electron chi connectivity index (χ3n) is 3.91. The number of thioether (sulfide) groups is 1. The maximum atomic E-state index is 12.2. The lowest BCUT2D eigenvalue weighted by molar-refractivity contribution is -0.113. The molecule has 1 amide bonds. The molecule has 0 aliphatic rings. The number of hydrogen-bond acceptors (Lipinski definition) is 8. The fraction of sp³-hybridized carbons (Fsp3) is 0.235. The van der Waals surface area contributed by atoms with Crippen LogP contribution >= 0.6 is 23.1 Å². The zero-order chi connectivity index (χ0) is 20.3. The van der Waals surface area contributed by atoms with Crippen molar-refractivity contribution in [1.29, 1.82) is 0 Å². The van der Waals surface area contributed by atoms with Crippen molar-refractivity contribution in [1.82, 2.24) is 19.3 Å². The zero-order valence-corrected chi connectivity index (χ0v) is 17.1. The lowest BCUT2D eigenvalue weighted by atomic mass is 10.2. The Labute approximate surface area is 168 Å². The molecule has 1 aromatic carbocycles. The second-order valence-electron chi connectivity index (χ2n) is 5.92. The van der Waals surface area contributed by atoms with Gasteiger partial charge in [0.1, 0.15) is 5.82 Å². The Morgan fingerprint density at radius 1 is 1.18 bits per heavy atom. The molecule has 2 N–H and O–H groups in total. The second kappa shape index (κ2) is 8.40. The van der Waals surface area contributed by atoms with Gasteiger partial charge in [-0.05, 0) is 18.6 Å². The highest BCUT2D eigenvalue weighted by atomic mass is 32.2. The summed E-state index contributed by atoms with van der Waals surface area (Å²) in [5, 5.41) is 14.5. The van der Waals surface area contributed by atoms with Crippen LogP contribution in [0, 0.1) is 6.92 Å². The van der Waals surface area contributed by atoms with Crippen LogP contribution < -0.4 is 21.9 Å². The van der Waals surface area contributed by atoms with Gasteiger partial charge in [0.05, 0.1) is 5.75 Å². The number of aryl methyl sites for hydroxylation is 1. The Morgan fingerprint density at radius 2 is 1.93 bits per heavy atom. The van der Waals surface area contributed by atoms with Gasteiger partial charge in [0, 0.05) is 25.8 Å². The molecule has 9 nitrogen and oxygen atoms in total. The molecule has 0 fully saturated rings. The smallest absolute Gasteiger partial charge is 0.330 e. The number of rotatable bonds is 6. The second-order valence-corrected chi connectivity index (χ2v) is 8.12.